The minimum Gasteiger partial charge on any atom is -0.508 e. The number of phenols is 1. The van der Waals surface area contributed by atoms with Gasteiger partial charge in [-0.2, -0.15) is 4.98 Å². The fourth-order valence-corrected chi connectivity index (χ4v) is 3.18. The van der Waals surface area contributed by atoms with Crippen molar-refractivity contribution >= 4 is 35.1 Å². The molecule has 3 rings (SSSR count). The molecular weight excluding hydrogens is 356 g/mol. The highest BCUT2D eigenvalue weighted by atomic mass is 35.5. The quantitative estimate of drug-likeness (QED) is 0.600. The van der Waals surface area contributed by atoms with Gasteiger partial charge in [0, 0.05) is 22.7 Å². The Bertz CT molecular complexity index is 841. The lowest BCUT2D eigenvalue weighted by Crippen LogP contribution is -2.09. The van der Waals surface area contributed by atoms with Crippen LogP contribution in [0.5, 0.6) is 5.75 Å². The van der Waals surface area contributed by atoms with Crippen molar-refractivity contribution in [2.24, 2.45) is 0 Å². The number of anilines is 2. The maximum Gasteiger partial charge on any atom is 0.221 e. The van der Waals surface area contributed by atoms with Crippen LogP contribution in [0.4, 0.5) is 11.8 Å². The van der Waals surface area contributed by atoms with E-state index in [1.807, 2.05) is 36.4 Å². The topological polar surface area (TPSA) is 84.1 Å². The normalized spacial score (nSPS) is 10.6. The summed E-state index contributed by atoms with van der Waals surface area (Å²) in [6, 6.07) is 14.7. The van der Waals surface area contributed by atoms with Crippen molar-refractivity contribution in [2.45, 2.75) is 16.2 Å². The van der Waals surface area contributed by atoms with E-state index in [1.54, 1.807) is 30.1 Å². The van der Waals surface area contributed by atoms with Crippen LogP contribution in [0.15, 0.2) is 64.5 Å². The molecule has 0 aliphatic heterocycles. The molecular formula is C18H17ClN4OS. The molecule has 5 nitrogen and oxygen atoms in total. The van der Waals surface area contributed by atoms with Crippen LogP contribution >= 0.6 is 23.4 Å². The Hall–Kier alpha value is -2.44. The first-order valence-corrected chi connectivity index (χ1v) is 8.87. The van der Waals surface area contributed by atoms with E-state index >= 15 is 0 Å². The van der Waals surface area contributed by atoms with Gasteiger partial charge in [0.05, 0.1) is 4.90 Å². The number of nitrogen functional groups attached to an aromatic ring is 1. The van der Waals surface area contributed by atoms with E-state index < -0.39 is 0 Å². The first-order valence-electron chi connectivity index (χ1n) is 7.68. The summed E-state index contributed by atoms with van der Waals surface area (Å²) in [6.45, 7) is 0.690. The molecule has 1 heterocycles. The van der Waals surface area contributed by atoms with Crippen LogP contribution < -0.4 is 11.1 Å². The second-order valence-electron chi connectivity index (χ2n) is 5.34. The lowest BCUT2D eigenvalue weighted by molar-refractivity contribution is 0.475. The predicted octanol–water partition coefficient (Wildman–Crippen LogP) is 4.22. The zero-order valence-corrected chi connectivity index (χ0v) is 14.9. The minimum absolute atomic E-state index is 0.229. The average Bonchev–Trinajstić information content (AvgIpc) is 2.61. The molecule has 0 aliphatic carbocycles. The summed E-state index contributed by atoms with van der Waals surface area (Å²) in [6.07, 6.45) is 2.51. The number of nitrogens with two attached hydrogens (primary N) is 1. The van der Waals surface area contributed by atoms with Gasteiger partial charge in [-0.15, -0.1) is 0 Å². The Kier molecular flexibility index (Phi) is 5.63. The summed E-state index contributed by atoms with van der Waals surface area (Å²) in [4.78, 5) is 10.3. The van der Waals surface area contributed by atoms with Crippen LogP contribution in [0.1, 0.15) is 5.56 Å². The first-order chi connectivity index (χ1) is 12.1. The lowest BCUT2D eigenvalue weighted by atomic mass is 10.1. The van der Waals surface area contributed by atoms with E-state index in [4.69, 9.17) is 17.3 Å². The zero-order valence-electron chi connectivity index (χ0n) is 13.3. The summed E-state index contributed by atoms with van der Waals surface area (Å²) in [5.74, 6) is 1.20. The van der Waals surface area contributed by atoms with E-state index in [9.17, 15) is 5.11 Å². The van der Waals surface area contributed by atoms with Gasteiger partial charge in [-0.05, 0) is 48.4 Å². The van der Waals surface area contributed by atoms with Crippen LogP contribution in [0.25, 0.3) is 0 Å². The van der Waals surface area contributed by atoms with E-state index in [1.165, 1.54) is 0 Å². The van der Waals surface area contributed by atoms with E-state index in [0.717, 1.165) is 21.8 Å². The molecule has 128 valence electrons. The molecule has 0 radical (unpaired) electrons. The Morgan fingerprint density at radius 3 is 2.52 bits per heavy atom. The third kappa shape index (κ3) is 5.01. The van der Waals surface area contributed by atoms with Crippen molar-refractivity contribution < 1.29 is 5.11 Å². The molecule has 0 amide bonds. The fraction of sp³-hybridized carbons (Fsp3) is 0.111. The molecule has 0 bridgehead atoms. The number of aromatic hydroxyl groups is 1. The maximum absolute atomic E-state index is 9.33. The molecule has 0 saturated carbocycles. The minimum atomic E-state index is 0.229. The molecule has 3 aromatic rings. The Morgan fingerprint density at radius 2 is 1.80 bits per heavy atom. The van der Waals surface area contributed by atoms with Crippen molar-refractivity contribution in [1.82, 2.24) is 9.97 Å². The van der Waals surface area contributed by atoms with Gasteiger partial charge in [0.25, 0.3) is 0 Å². The largest absolute Gasteiger partial charge is 0.508 e. The number of hydrogen-bond acceptors (Lipinski definition) is 6. The molecule has 4 N–H and O–H groups in total. The van der Waals surface area contributed by atoms with Crippen LogP contribution in [-0.2, 0) is 6.42 Å². The molecule has 1 aromatic heterocycles. The van der Waals surface area contributed by atoms with Crippen LogP contribution in [0, 0.1) is 0 Å². The first kappa shape index (κ1) is 17.4. The predicted molar refractivity (Wildman–Crippen MR) is 102 cm³/mol. The monoisotopic (exact) mass is 372 g/mol. The summed E-state index contributed by atoms with van der Waals surface area (Å²) in [5, 5.41) is 13.3. The number of nitrogens with zero attached hydrogens (tertiary/aromatic N) is 2. The van der Waals surface area contributed by atoms with Crippen molar-refractivity contribution in [3.8, 4) is 5.75 Å². The lowest BCUT2D eigenvalue weighted by Gasteiger charge is -2.11. The fourth-order valence-electron chi connectivity index (χ4n) is 2.20. The van der Waals surface area contributed by atoms with Gasteiger partial charge < -0.3 is 16.2 Å². The average molecular weight is 373 g/mol. The van der Waals surface area contributed by atoms with Gasteiger partial charge in [0.2, 0.25) is 5.95 Å². The molecule has 25 heavy (non-hydrogen) atoms. The number of halogens is 1. The van der Waals surface area contributed by atoms with Crippen molar-refractivity contribution in [2.75, 3.05) is 17.6 Å². The molecule has 0 spiro atoms. The smallest absolute Gasteiger partial charge is 0.221 e. The Morgan fingerprint density at radius 1 is 1.08 bits per heavy atom. The summed E-state index contributed by atoms with van der Waals surface area (Å²) < 4.78 is 0. The summed E-state index contributed by atoms with van der Waals surface area (Å²) in [5.41, 5.74) is 6.85. The number of phenolic OH excluding ortho intramolecular Hbond substituents is 1. The second-order valence-corrected chi connectivity index (χ2v) is 6.89. The molecule has 0 unspecified atom stereocenters. The summed E-state index contributed by atoms with van der Waals surface area (Å²) >= 11 is 7.47. The number of aromatic nitrogens is 2. The maximum atomic E-state index is 9.33. The SMILES string of the molecule is Nc1ncc(Sc2ccc(Cl)cc2)c(NCCc2ccc(O)cc2)n1. The molecule has 7 heteroatoms. The van der Waals surface area contributed by atoms with Gasteiger partial charge in [0.1, 0.15) is 11.6 Å². The number of nitrogens with one attached hydrogen (secondary N) is 1. The van der Waals surface area contributed by atoms with Gasteiger partial charge in [-0.25, -0.2) is 4.98 Å². The third-order valence-corrected chi connectivity index (χ3v) is 4.74. The Labute approximate surface area is 155 Å². The van der Waals surface area contributed by atoms with Crippen LogP contribution in [0.3, 0.4) is 0 Å². The molecule has 0 aliphatic rings. The van der Waals surface area contributed by atoms with Gasteiger partial charge in [-0.1, -0.05) is 35.5 Å². The highest BCUT2D eigenvalue weighted by molar-refractivity contribution is 7.99. The summed E-state index contributed by atoms with van der Waals surface area (Å²) in [7, 11) is 0. The highest BCUT2D eigenvalue weighted by Crippen LogP contribution is 2.32. The number of hydrogen-bond donors (Lipinski definition) is 3. The van der Waals surface area contributed by atoms with Crippen LogP contribution in [0.2, 0.25) is 5.02 Å². The zero-order chi connectivity index (χ0) is 17.6. The number of benzene rings is 2. The van der Waals surface area contributed by atoms with Crippen molar-refractivity contribution in [3.05, 3.63) is 65.3 Å². The molecule has 0 saturated heterocycles. The standard InChI is InChI=1S/C18H17ClN4OS/c19-13-3-7-15(8-4-13)25-16-11-22-18(20)23-17(16)21-10-9-12-1-5-14(24)6-2-12/h1-8,11,24H,9-10H2,(H3,20,21,22,23). The van der Waals surface area contributed by atoms with Crippen molar-refractivity contribution in [1.29, 1.82) is 0 Å². The molecule has 2 aromatic carbocycles. The van der Waals surface area contributed by atoms with Crippen molar-refractivity contribution in [3.63, 3.8) is 0 Å². The molecule has 0 fully saturated rings. The van der Waals surface area contributed by atoms with Gasteiger partial charge in [-0.3, -0.25) is 0 Å². The molecule has 0 atom stereocenters. The van der Waals surface area contributed by atoms with E-state index in [-0.39, 0.29) is 11.7 Å². The third-order valence-electron chi connectivity index (χ3n) is 3.46. The van der Waals surface area contributed by atoms with Gasteiger partial charge in [0.15, 0.2) is 0 Å². The van der Waals surface area contributed by atoms with E-state index in [2.05, 4.69) is 15.3 Å². The highest BCUT2D eigenvalue weighted by Gasteiger charge is 2.08. The second kappa shape index (κ2) is 8.09. The van der Waals surface area contributed by atoms with E-state index in [0.29, 0.717) is 17.4 Å². The number of rotatable bonds is 6. The Balaban J connectivity index is 1.68. The van der Waals surface area contributed by atoms with Gasteiger partial charge >= 0.3 is 0 Å². The van der Waals surface area contributed by atoms with Crippen LogP contribution in [-0.4, -0.2) is 21.6 Å².